The Morgan fingerprint density at radius 1 is 1.53 bits per heavy atom. The third-order valence-electron chi connectivity index (χ3n) is 2.00. The van der Waals surface area contributed by atoms with E-state index in [0.29, 0.717) is 30.2 Å². The lowest BCUT2D eigenvalue weighted by molar-refractivity contribution is 0.00333. The van der Waals surface area contributed by atoms with Gasteiger partial charge in [0.15, 0.2) is 0 Å². The fourth-order valence-corrected chi connectivity index (χ4v) is 1.25. The molecule has 0 saturated heterocycles. The summed E-state index contributed by atoms with van der Waals surface area (Å²) in [5, 5.41) is 12.0. The van der Waals surface area contributed by atoms with Gasteiger partial charge in [-0.05, 0) is 20.8 Å². The smallest absolute Gasteiger partial charge is 0.125 e. The van der Waals surface area contributed by atoms with Gasteiger partial charge in [-0.2, -0.15) is 5.26 Å². The number of anilines is 2. The zero-order valence-electron chi connectivity index (χ0n) is 10.4. The molecule has 0 aromatic carbocycles. The molecule has 0 atom stereocenters. The van der Waals surface area contributed by atoms with Crippen LogP contribution in [0, 0.1) is 11.3 Å². The van der Waals surface area contributed by atoms with E-state index in [2.05, 4.69) is 16.4 Å². The molecule has 1 rings (SSSR count). The maximum absolute atomic E-state index is 8.89. The van der Waals surface area contributed by atoms with E-state index in [1.165, 1.54) is 6.20 Å². The highest BCUT2D eigenvalue weighted by Gasteiger charge is 2.09. The largest absolute Gasteiger partial charge is 0.384 e. The van der Waals surface area contributed by atoms with Crippen molar-refractivity contribution >= 4 is 11.5 Å². The number of nitrogens with two attached hydrogens (primary N) is 1. The van der Waals surface area contributed by atoms with Crippen LogP contribution in [0.1, 0.15) is 26.3 Å². The summed E-state index contributed by atoms with van der Waals surface area (Å²) in [5.74, 6) is 0.392. The first-order chi connectivity index (χ1) is 7.92. The summed E-state index contributed by atoms with van der Waals surface area (Å²) in [6.07, 6.45) is 1.46. The maximum Gasteiger partial charge on any atom is 0.125 e. The molecule has 1 heterocycles. The van der Waals surface area contributed by atoms with E-state index >= 15 is 0 Å². The van der Waals surface area contributed by atoms with Crippen LogP contribution in [0.5, 0.6) is 0 Å². The van der Waals surface area contributed by atoms with Gasteiger partial charge in [0.25, 0.3) is 0 Å². The van der Waals surface area contributed by atoms with Crippen molar-refractivity contribution in [2.45, 2.75) is 26.4 Å². The third kappa shape index (κ3) is 4.70. The molecule has 0 bridgehead atoms. The summed E-state index contributed by atoms with van der Waals surface area (Å²) in [4.78, 5) is 3.86. The van der Waals surface area contributed by atoms with Crippen molar-refractivity contribution in [3.63, 3.8) is 0 Å². The van der Waals surface area contributed by atoms with Crippen molar-refractivity contribution in [2.75, 3.05) is 24.2 Å². The minimum atomic E-state index is -0.156. The Morgan fingerprint density at radius 3 is 2.82 bits per heavy atom. The fourth-order valence-electron chi connectivity index (χ4n) is 1.25. The number of rotatable bonds is 4. The van der Waals surface area contributed by atoms with Gasteiger partial charge in [0.2, 0.25) is 0 Å². The van der Waals surface area contributed by atoms with Crippen LogP contribution in [0.2, 0.25) is 0 Å². The van der Waals surface area contributed by atoms with Crippen molar-refractivity contribution < 1.29 is 4.74 Å². The van der Waals surface area contributed by atoms with Crippen LogP contribution < -0.4 is 11.1 Å². The monoisotopic (exact) mass is 234 g/mol. The molecule has 0 unspecified atom stereocenters. The first-order valence-electron chi connectivity index (χ1n) is 5.46. The molecule has 3 N–H and O–H groups in total. The highest BCUT2D eigenvalue weighted by molar-refractivity contribution is 5.60. The molecule has 5 nitrogen and oxygen atoms in total. The Hall–Kier alpha value is -1.80. The molecule has 0 radical (unpaired) electrons. The van der Waals surface area contributed by atoms with Gasteiger partial charge < -0.3 is 15.8 Å². The lowest BCUT2D eigenvalue weighted by atomic mass is 10.2. The van der Waals surface area contributed by atoms with E-state index in [-0.39, 0.29) is 5.60 Å². The van der Waals surface area contributed by atoms with Crippen LogP contribution in [0.15, 0.2) is 12.3 Å². The molecule has 0 fully saturated rings. The molecule has 0 spiro atoms. The number of hydrogen-bond acceptors (Lipinski definition) is 5. The second-order valence-corrected chi connectivity index (χ2v) is 4.65. The molecule has 92 valence electrons. The van der Waals surface area contributed by atoms with Crippen LogP contribution in [-0.2, 0) is 4.74 Å². The highest BCUT2D eigenvalue weighted by Crippen LogP contribution is 2.15. The quantitative estimate of drug-likeness (QED) is 0.775. The topological polar surface area (TPSA) is 84.0 Å². The zero-order valence-corrected chi connectivity index (χ0v) is 10.4. The van der Waals surface area contributed by atoms with E-state index in [9.17, 15) is 0 Å². The number of nitrogens with zero attached hydrogens (tertiary/aromatic N) is 2. The number of hydrogen-bond donors (Lipinski definition) is 2. The molecule has 0 aliphatic rings. The second kappa shape index (κ2) is 5.51. The van der Waals surface area contributed by atoms with Gasteiger partial charge in [-0.15, -0.1) is 0 Å². The Morgan fingerprint density at radius 2 is 2.24 bits per heavy atom. The number of aromatic nitrogens is 1. The number of nitrogen functional groups attached to an aromatic ring is 1. The lowest BCUT2D eigenvalue weighted by Gasteiger charge is -2.19. The minimum Gasteiger partial charge on any atom is -0.384 e. The fraction of sp³-hybridized carbons (Fsp3) is 0.500. The first kappa shape index (κ1) is 13.3. The number of pyridine rings is 1. The van der Waals surface area contributed by atoms with E-state index < -0.39 is 0 Å². The number of nitriles is 1. The molecule has 1 aromatic rings. The molecular weight excluding hydrogens is 216 g/mol. The average Bonchev–Trinajstić information content (AvgIpc) is 2.23. The molecule has 5 heteroatoms. The average molecular weight is 234 g/mol. The van der Waals surface area contributed by atoms with E-state index in [0.717, 1.165) is 0 Å². The molecular formula is C12H18N4O. The summed E-state index contributed by atoms with van der Waals surface area (Å²) in [6.45, 7) is 7.18. The molecule has 0 amide bonds. The SMILES string of the molecule is CC(C)(C)OCCNc1cc(N)ncc1C#N. The van der Waals surface area contributed by atoms with Gasteiger partial charge in [0, 0.05) is 18.8 Å². The Labute approximate surface area is 102 Å². The van der Waals surface area contributed by atoms with Crippen LogP contribution in [-0.4, -0.2) is 23.7 Å². The van der Waals surface area contributed by atoms with Crippen LogP contribution >= 0.6 is 0 Å². The Bertz CT molecular complexity index is 417. The van der Waals surface area contributed by atoms with Crippen molar-refractivity contribution in [3.05, 3.63) is 17.8 Å². The molecule has 17 heavy (non-hydrogen) atoms. The zero-order chi connectivity index (χ0) is 12.9. The number of nitrogens with one attached hydrogen (secondary N) is 1. The molecule has 0 aliphatic heterocycles. The van der Waals surface area contributed by atoms with Gasteiger partial charge in [0.1, 0.15) is 11.9 Å². The summed E-state index contributed by atoms with van der Waals surface area (Å²) in [5.41, 5.74) is 6.58. The summed E-state index contributed by atoms with van der Waals surface area (Å²) in [6, 6.07) is 3.71. The van der Waals surface area contributed by atoms with Crippen LogP contribution in [0.3, 0.4) is 0 Å². The van der Waals surface area contributed by atoms with Gasteiger partial charge in [-0.3, -0.25) is 0 Å². The first-order valence-corrected chi connectivity index (χ1v) is 5.46. The maximum atomic E-state index is 8.89. The predicted molar refractivity (Wildman–Crippen MR) is 67.6 cm³/mol. The summed E-state index contributed by atoms with van der Waals surface area (Å²) in [7, 11) is 0. The van der Waals surface area contributed by atoms with Crippen molar-refractivity contribution in [3.8, 4) is 6.07 Å². The van der Waals surface area contributed by atoms with Crippen molar-refractivity contribution in [1.29, 1.82) is 5.26 Å². The van der Waals surface area contributed by atoms with Crippen LogP contribution in [0.4, 0.5) is 11.5 Å². The Balaban J connectivity index is 2.52. The van der Waals surface area contributed by atoms with E-state index in [1.54, 1.807) is 6.07 Å². The van der Waals surface area contributed by atoms with Crippen molar-refractivity contribution in [2.24, 2.45) is 0 Å². The van der Waals surface area contributed by atoms with Crippen LogP contribution in [0.25, 0.3) is 0 Å². The van der Waals surface area contributed by atoms with Gasteiger partial charge in [-0.1, -0.05) is 0 Å². The normalized spacial score (nSPS) is 10.9. The summed E-state index contributed by atoms with van der Waals surface area (Å²) < 4.78 is 5.56. The molecule has 0 saturated carbocycles. The van der Waals surface area contributed by atoms with E-state index in [1.807, 2.05) is 20.8 Å². The van der Waals surface area contributed by atoms with E-state index in [4.69, 9.17) is 15.7 Å². The Kier molecular flexibility index (Phi) is 4.30. The third-order valence-corrected chi connectivity index (χ3v) is 2.00. The van der Waals surface area contributed by atoms with Crippen molar-refractivity contribution in [1.82, 2.24) is 4.98 Å². The van der Waals surface area contributed by atoms with Gasteiger partial charge in [0.05, 0.1) is 23.5 Å². The highest BCUT2D eigenvalue weighted by atomic mass is 16.5. The lowest BCUT2D eigenvalue weighted by Crippen LogP contribution is -2.23. The molecule has 0 aliphatic carbocycles. The number of ether oxygens (including phenoxy) is 1. The minimum absolute atomic E-state index is 0.156. The predicted octanol–water partition coefficient (Wildman–Crippen LogP) is 1.76. The summed E-state index contributed by atoms with van der Waals surface area (Å²) >= 11 is 0. The second-order valence-electron chi connectivity index (χ2n) is 4.65. The van der Waals surface area contributed by atoms with Gasteiger partial charge in [-0.25, -0.2) is 4.98 Å². The van der Waals surface area contributed by atoms with Gasteiger partial charge >= 0.3 is 0 Å². The standard InChI is InChI=1S/C12H18N4O/c1-12(2,3)17-5-4-15-10-6-11(14)16-8-9(10)7-13/h6,8H,4-5H2,1-3H3,(H3,14,15,16). The molecule has 1 aromatic heterocycles.